The van der Waals surface area contributed by atoms with Crippen LogP contribution in [0.5, 0.6) is 0 Å². The lowest BCUT2D eigenvalue weighted by Gasteiger charge is -2.15. The smallest absolute Gasteiger partial charge is 0.248 e. The van der Waals surface area contributed by atoms with Crippen LogP contribution in [0.3, 0.4) is 0 Å². The van der Waals surface area contributed by atoms with Crippen LogP contribution in [0.4, 0.5) is 0 Å². The Hall–Kier alpha value is -2.13. The zero-order valence-electron chi connectivity index (χ0n) is 14.2. The lowest BCUT2D eigenvalue weighted by Crippen LogP contribution is -2.19. The Labute approximate surface area is 138 Å². The second kappa shape index (κ2) is 7.93. The monoisotopic (exact) mass is 310 g/mol. The molecule has 0 aliphatic carbocycles. The zero-order valence-corrected chi connectivity index (χ0v) is 14.2. The molecule has 1 atom stereocenters. The van der Waals surface area contributed by atoms with Gasteiger partial charge in [-0.2, -0.15) is 0 Å². The Morgan fingerprint density at radius 2 is 1.74 bits per heavy atom. The predicted octanol–water partition coefficient (Wildman–Crippen LogP) is 3.83. The average molecular weight is 310 g/mol. The molecule has 0 bridgehead atoms. The van der Waals surface area contributed by atoms with E-state index in [1.54, 1.807) is 6.07 Å². The van der Waals surface area contributed by atoms with E-state index >= 15 is 0 Å². The van der Waals surface area contributed by atoms with Gasteiger partial charge in [-0.25, -0.2) is 0 Å². The number of nitrogens with one attached hydrogen (secondary N) is 1. The van der Waals surface area contributed by atoms with E-state index < -0.39 is 0 Å². The van der Waals surface area contributed by atoms with Crippen molar-refractivity contribution in [1.29, 1.82) is 0 Å². The molecule has 2 aromatic carbocycles. The summed E-state index contributed by atoms with van der Waals surface area (Å²) in [5.74, 6) is 0.287. The first-order chi connectivity index (χ1) is 11.0. The van der Waals surface area contributed by atoms with Gasteiger partial charge >= 0.3 is 0 Å². The quantitative estimate of drug-likeness (QED) is 0.816. The van der Waals surface area contributed by atoms with E-state index in [0.717, 1.165) is 12.0 Å². The molecule has 1 unspecified atom stereocenters. The second-order valence-electron chi connectivity index (χ2n) is 6.51. The molecule has 122 valence electrons. The first-order valence-corrected chi connectivity index (χ1v) is 8.16. The second-order valence-corrected chi connectivity index (χ2v) is 6.51. The van der Waals surface area contributed by atoms with Gasteiger partial charge in [0.2, 0.25) is 5.91 Å². The molecule has 0 aliphatic rings. The SMILES string of the molecule is CC(C)Cc1ccc(C(C)NCc2cccc(C(N)=O)c2)cc1. The summed E-state index contributed by atoms with van der Waals surface area (Å²) < 4.78 is 0. The van der Waals surface area contributed by atoms with Crippen molar-refractivity contribution in [3.05, 3.63) is 70.8 Å². The van der Waals surface area contributed by atoms with Crippen LogP contribution in [-0.2, 0) is 13.0 Å². The molecule has 3 N–H and O–H groups in total. The first kappa shape index (κ1) is 17.2. The van der Waals surface area contributed by atoms with Gasteiger partial charge in [-0.1, -0.05) is 50.2 Å². The number of benzene rings is 2. The van der Waals surface area contributed by atoms with Crippen LogP contribution in [0.1, 0.15) is 53.9 Å². The van der Waals surface area contributed by atoms with Gasteiger partial charge in [0.1, 0.15) is 0 Å². The van der Waals surface area contributed by atoms with E-state index in [4.69, 9.17) is 5.73 Å². The maximum absolute atomic E-state index is 11.2. The van der Waals surface area contributed by atoms with Crippen molar-refractivity contribution >= 4 is 5.91 Å². The number of rotatable bonds is 7. The summed E-state index contributed by atoms with van der Waals surface area (Å²) in [5, 5.41) is 3.49. The van der Waals surface area contributed by atoms with Crippen LogP contribution in [0, 0.1) is 5.92 Å². The fourth-order valence-electron chi connectivity index (χ4n) is 2.64. The van der Waals surface area contributed by atoms with Crippen molar-refractivity contribution in [3.8, 4) is 0 Å². The fourth-order valence-corrected chi connectivity index (χ4v) is 2.64. The predicted molar refractivity (Wildman–Crippen MR) is 95.2 cm³/mol. The van der Waals surface area contributed by atoms with Crippen LogP contribution in [0.25, 0.3) is 0 Å². The molecule has 1 amide bonds. The Bertz CT molecular complexity index is 647. The van der Waals surface area contributed by atoms with Gasteiger partial charge < -0.3 is 11.1 Å². The summed E-state index contributed by atoms with van der Waals surface area (Å²) in [6.07, 6.45) is 1.11. The lowest BCUT2D eigenvalue weighted by atomic mass is 10.00. The van der Waals surface area contributed by atoms with Gasteiger partial charge in [-0.15, -0.1) is 0 Å². The van der Waals surface area contributed by atoms with E-state index in [-0.39, 0.29) is 11.9 Å². The number of nitrogens with two attached hydrogens (primary N) is 1. The van der Waals surface area contributed by atoms with E-state index in [9.17, 15) is 4.79 Å². The first-order valence-electron chi connectivity index (χ1n) is 8.16. The summed E-state index contributed by atoms with van der Waals surface area (Å²) in [6, 6.07) is 16.5. The number of primary amides is 1. The van der Waals surface area contributed by atoms with Crippen LogP contribution in [0.15, 0.2) is 48.5 Å². The molecule has 0 spiro atoms. The highest BCUT2D eigenvalue weighted by atomic mass is 16.1. The number of hydrogen-bond donors (Lipinski definition) is 2. The zero-order chi connectivity index (χ0) is 16.8. The summed E-state index contributed by atoms with van der Waals surface area (Å²) in [4.78, 5) is 11.2. The summed E-state index contributed by atoms with van der Waals surface area (Å²) in [7, 11) is 0. The summed E-state index contributed by atoms with van der Waals surface area (Å²) in [6.45, 7) is 7.32. The molecule has 0 fully saturated rings. The standard InChI is InChI=1S/C20H26N2O/c1-14(2)11-16-7-9-18(10-8-16)15(3)22-13-17-5-4-6-19(12-17)20(21)23/h4-10,12,14-15,22H,11,13H2,1-3H3,(H2,21,23). The number of hydrogen-bond acceptors (Lipinski definition) is 2. The van der Waals surface area contributed by atoms with Crippen LogP contribution >= 0.6 is 0 Å². The van der Waals surface area contributed by atoms with Gasteiger partial charge in [0.15, 0.2) is 0 Å². The summed E-state index contributed by atoms with van der Waals surface area (Å²) >= 11 is 0. The van der Waals surface area contributed by atoms with Crippen molar-refractivity contribution in [2.45, 2.75) is 39.8 Å². The van der Waals surface area contributed by atoms with Gasteiger partial charge in [0.25, 0.3) is 0 Å². The van der Waals surface area contributed by atoms with Crippen molar-refractivity contribution < 1.29 is 4.79 Å². The normalized spacial score (nSPS) is 12.3. The molecule has 0 saturated heterocycles. The molecular formula is C20H26N2O. The van der Waals surface area contributed by atoms with E-state index in [1.165, 1.54) is 11.1 Å². The summed E-state index contributed by atoms with van der Waals surface area (Å²) in [5.41, 5.74) is 9.58. The van der Waals surface area contributed by atoms with Crippen LogP contribution < -0.4 is 11.1 Å². The molecule has 3 nitrogen and oxygen atoms in total. The van der Waals surface area contributed by atoms with Crippen molar-refractivity contribution in [2.75, 3.05) is 0 Å². The maximum Gasteiger partial charge on any atom is 0.248 e. The minimum absolute atomic E-state index is 0.250. The van der Waals surface area contributed by atoms with E-state index in [2.05, 4.69) is 50.4 Å². The molecule has 2 aromatic rings. The number of amides is 1. The Kier molecular flexibility index (Phi) is 5.94. The highest BCUT2D eigenvalue weighted by molar-refractivity contribution is 5.92. The minimum Gasteiger partial charge on any atom is -0.366 e. The van der Waals surface area contributed by atoms with Gasteiger partial charge in [0.05, 0.1) is 0 Å². The largest absolute Gasteiger partial charge is 0.366 e. The third kappa shape index (κ3) is 5.22. The average Bonchev–Trinajstić information content (AvgIpc) is 2.53. The van der Waals surface area contributed by atoms with Gasteiger partial charge in [0, 0.05) is 18.2 Å². The number of carbonyl (C=O) groups is 1. The van der Waals surface area contributed by atoms with Gasteiger partial charge in [-0.3, -0.25) is 4.79 Å². The van der Waals surface area contributed by atoms with Crippen molar-refractivity contribution in [2.24, 2.45) is 11.7 Å². The fraction of sp³-hybridized carbons (Fsp3) is 0.350. The lowest BCUT2D eigenvalue weighted by molar-refractivity contribution is 0.1000. The maximum atomic E-state index is 11.2. The molecule has 3 heteroatoms. The van der Waals surface area contributed by atoms with Crippen LogP contribution in [-0.4, -0.2) is 5.91 Å². The molecule has 0 saturated carbocycles. The van der Waals surface area contributed by atoms with E-state index in [1.807, 2.05) is 18.2 Å². The molecule has 2 rings (SSSR count). The molecule has 0 aliphatic heterocycles. The van der Waals surface area contributed by atoms with Gasteiger partial charge in [-0.05, 0) is 48.1 Å². The minimum atomic E-state index is -0.388. The van der Waals surface area contributed by atoms with Crippen molar-refractivity contribution in [1.82, 2.24) is 5.32 Å². The molecule has 0 heterocycles. The molecule has 0 aromatic heterocycles. The molecular weight excluding hydrogens is 284 g/mol. The van der Waals surface area contributed by atoms with Crippen molar-refractivity contribution in [3.63, 3.8) is 0 Å². The Balaban J connectivity index is 1.95. The number of carbonyl (C=O) groups excluding carboxylic acids is 1. The Morgan fingerprint density at radius 3 is 2.35 bits per heavy atom. The third-order valence-corrected chi connectivity index (χ3v) is 3.95. The third-order valence-electron chi connectivity index (χ3n) is 3.95. The topological polar surface area (TPSA) is 55.1 Å². The Morgan fingerprint density at radius 1 is 1.04 bits per heavy atom. The van der Waals surface area contributed by atoms with Crippen LogP contribution in [0.2, 0.25) is 0 Å². The van der Waals surface area contributed by atoms with E-state index in [0.29, 0.717) is 18.0 Å². The molecule has 0 radical (unpaired) electrons. The molecule has 23 heavy (non-hydrogen) atoms. The highest BCUT2D eigenvalue weighted by Crippen LogP contribution is 2.16. The highest BCUT2D eigenvalue weighted by Gasteiger charge is 2.07.